The summed E-state index contributed by atoms with van der Waals surface area (Å²) in [7, 11) is 0. The number of ketones is 1. The summed E-state index contributed by atoms with van der Waals surface area (Å²) in [6, 6.07) is 15.4. The quantitative estimate of drug-likeness (QED) is 0.605. The van der Waals surface area contributed by atoms with Crippen molar-refractivity contribution in [3.8, 4) is 17.5 Å². The number of rotatable bonds is 5. The van der Waals surface area contributed by atoms with Crippen molar-refractivity contribution >= 4 is 11.5 Å². The van der Waals surface area contributed by atoms with Crippen LogP contribution in [0.1, 0.15) is 34.3 Å². The van der Waals surface area contributed by atoms with Gasteiger partial charge in [0.25, 0.3) is 0 Å². The van der Waals surface area contributed by atoms with E-state index in [0.29, 0.717) is 29.4 Å². The zero-order valence-electron chi connectivity index (χ0n) is 17.1. The minimum Gasteiger partial charge on any atom is -0.368 e. The number of anilines is 1. The standard InChI is InChI=1S/C23H23N5O2/c1-16-5-3-4-6-19(16)23-25-22(30-26-23)15-27-9-11-28(12-10-27)21-13-18(14-24)7-8-20(21)17(2)29/h3-8,13H,9-12,15H2,1-2H3. The highest BCUT2D eigenvalue weighted by molar-refractivity contribution is 6.00. The van der Waals surface area contributed by atoms with Crippen LogP contribution in [0, 0.1) is 18.3 Å². The van der Waals surface area contributed by atoms with E-state index in [-0.39, 0.29) is 5.78 Å². The molecule has 2 aromatic carbocycles. The molecule has 0 spiro atoms. The molecule has 0 aliphatic carbocycles. The van der Waals surface area contributed by atoms with E-state index in [2.05, 4.69) is 26.0 Å². The van der Waals surface area contributed by atoms with Gasteiger partial charge in [-0.2, -0.15) is 10.2 Å². The molecule has 7 heteroatoms. The van der Waals surface area contributed by atoms with E-state index in [1.807, 2.05) is 31.2 Å². The van der Waals surface area contributed by atoms with Crippen molar-refractivity contribution in [2.45, 2.75) is 20.4 Å². The van der Waals surface area contributed by atoms with Gasteiger partial charge in [-0.3, -0.25) is 9.69 Å². The van der Waals surface area contributed by atoms with Crippen LogP contribution < -0.4 is 4.90 Å². The molecule has 0 amide bonds. The maximum Gasteiger partial charge on any atom is 0.241 e. The number of nitrogens with zero attached hydrogens (tertiary/aromatic N) is 5. The summed E-state index contributed by atoms with van der Waals surface area (Å²) in [5, 5.41) is 13.3. The van der Waals surface area contributed by atoms with Gasteiger partial charge >= 0.3 is 0 Å². The molecular weight excluding hydrogens is 378 g/mol. The summed E-state index contributed by atoms with van der Waals surface area (Å²) >= 11 is 0. The van der Waals surface area contributed by atoms with Crippen molar-refractivity contribution in [2.24, 2.45) is 0 Å². The molecule has 4 rings (SSSR count). The number of aromatic nitrogens is 2. The molecule has 0 N–H and O–H groups in total. The van der Waals surface area contributed by atoms with Gasteiger partial charge < -0.3 is 9.42 Å². The molecule has 1 aliphatic rings. The first kappa shape index (κ1) is 19.8. The molecule has 1 saturated heterocycles. The van der Waals surface area contributed by atoms with Gasteiger partial charge in [0.15, 0.2) is 5.78 Å². The topological polar surface area (TPSA) is 86.3 Å². The average molecular weight is 401 g/mol. The zero-order chi connectivity index (χ0) is 21.1. The number of piperazine rings is 1. The molecule has 1 fully saturated rings. The lowest BCUT2D eigenvalue weighted by Crippen LogP contribution is -2.46. The Bertz CT molecular complexity index is 1110. The lowest BCUT2D eigenvalue weighted by molar-refractivity contribution is 0.101. The third-order valence-electron chi connectivity index (χ3n) is 5.43. The number of aryl methyl sites for hydroxylation is 1. The Hall–Kier alpha value is -3.50. The molecule has 3 aromatic rings. The molecule has 1 aliphatic heterocycles. The Morgan fingerprint density at radius 3 is 2.63 bits per heavy atom. The summed E-state index contributed by atoms with van der Waals surface area (Å²) in [4.78, 5) is 21.0. The van der Waals surface area contributed by atoms with Crippen LogP contribution in [0.5, 0.6) is 0 Å². The predicted molar refractivity (Wildman–Crippen MR) is 113 cm³/mol. The van der Waals surface area contributed by atoms with Crippen LogP contribution in [0.15, 0.2) is 47.0 Å². The highest BCUT2D eigenvalue weighted by Crippen LogP contribution is 2.25. The van der Waals surface area contributed by atoms with E-state index in [4.69, 9.17) is 4.52 Å². The van der Waals surface area contributed by atoms with Crippen LogP contribution >= 0.6 is 0 Å². The van der Waals surface area contributed by atoms with E-state index in [9.17, 15) is 10.1 Å². The molecule has 0 bridgehead atoms. The molecule has 7 nitrogen and oxygen atoms in total. The Labute approximate surface area is 175 Å². The smallest absolute Gasteiger partial charge is 0.241 e. The number of carbonyl (C=O) groups excluding carboxylic acids is 1. The minimum atomic E-state index is 0.00603. The van der Waals surface area contributed by atoms with Crippen molar-refractivity contribution in [3.63, 3.8) is 0 Å². The SMILES string of the molecule is CC(=O)c1ccc(C#N)cc1N1CCN(Cc2nc(-c3ccccc3C)no2)CC1. The van der Waals surface area contributed by atoms with Gasteiger partial charge in [0.05, 0.1) is 18.2 Å². The number of hydrogen-bond acceptors (Lipinski definition) is 7. The van der Waals surface area contributed by atoms with Crippen molar-refractivity contribution < 1.29 is 9.32 Å². The number of Topliss-reactive ketones (excluding diaryl/α,β-unsaturated/α-hetero) is 1. The van der Waals surface area contributed by atoms with E-state index < -0.39 is 0 Å². The second-order valence-electron chi connectivity index (χ2n) is 7.49. The van der Waals surface area contributed by atoms with Gasteiger partial charge in [0, 0.05) is 43.0 Å². The van der Waals surface area contributed by atoms with Gasteiger partial charge in [0.1, 0.15) is 0 Å². The third kappa shape index (κ3) is 4.09. The third-order valence-corrected chi connectivity index (χ3v) is 5.43. The summed E-state index contributed by atoms with van der Waals surface area (Å²) in [6.45, 7) is 7.29. The monoisotopic (exact) mass is 401 g/mol. The van der Waals surface area contributed by atoms with Crippen molar-refractivity contribution in [1.29, 1.82) is 5.26 Å². The van der Waals surface area contributed by atoms with Crippen LogP contribution in [0.25, 0.3) is 11.4 Å². The molecule has 0 atom stereocenters. The summed E-state index contributed by atoms with van der Waals surface area (Å²) in [5.41, 5.74) is 4.14. The molecule has 152 valence electrons. The van der Waals surface area contributed by atoms with E-state index >= 15 is 0 Å². The fraction of sp³-hybridized carbons (Fsp3) is 0.304. The van der Waals surface area contributed by atoms with Gasteiger partial charge in [-0.05, 0) is 37.6 Å². The summed E-state index contributed by atoms with van der Waals surface area (Å²) < 4.78 is 5.47. The van der Waals surface area contributed by atoms with Crippen LogP contribution in [-0.4, -0.2) is 47.0 Å². The van der Waals surface area contributed by atoms with E-state index in [1.54, 1.807) is 25.1 Å². The zero-order valence-corrected chi connectivity index (χ0v) is 17.1. The van der Waals surface area contributed by atoms with Gasteiger partial charge in [-0.25, -0.2) is 0 Å². The minimum absolute atomic E-state index is 0.00603. The Morgan fingerprint density at radius 1 is 1.17 bits per heavy atom. The highest BCUT2D eigenvalue weighted by Gasteiger charge is 2.22. The molecule has 1 aromatic heterocycles. The number of nitriles is 1. The van der Waals surface area contributed by atoms with Crippen LogP contribution in [0.2, 0.25) is 0 Å². The Morgan fingerprint density at radius 2 is 1.93 bits per heavy atom. The van der Waals surface area contributed by atoms with Gasteiger partial charge in [0.2, 0.25) is 11.7 Å². The maximum atomic E-state index is 12.0. The fourth-order valence-corrected chi connectivity index (χ4v) is 3.75. The predicted octanol–water partition coefficient (Wildman–Crippen LogP) is 3.44. The van der Waals surface area contributed by atoms with Crippen LogP contribution in [0.4, 0.5) is 5.69 Å². The molecular formula is C23H23N5O2. The largest absolute Gasteiger partial charge is 0.368 e. The fourth-order valence-electron chi connectivity index (χ4n) is 3.75. The Balaban J connectivity index is 1.42. The first-order valence-electron chi connectivity index (χ1n) is 9.96. The van der Waals surface area contributed by atoms with Gasteiger partial charge in [-0.15, -0.1) is 0 Å². The average Bonchev–Trinajstić information content (AvgIpc) is 3.22. The second-order valence-corrected chi connectivity index (χ2v) is 7.49. The first-order chi connectivity index (χ1) is 14.5. The van der Waals surface area contributed by atoms with E-state index in [1.165, 1.54) is 0 Å². The van der Waals surface area contributed by atoms with Crippen molar-refractivity contribution in [3.05, 3.63) is 65.0 Å². The van der Waals surface area contributed by atoms with Crippen molar-refractivity contribution in [2.75, 3.05) is 31.1 Å². The molecule has 0 saturated carbocycles. The number of carbonyl (C=O) groups is 1. The van der Waals surface area contributed by atoms with Crippen LogP contribution in [0.3, 0.4) is 0 Å². The van der Waals surface area contributed by atoms with E-state index in [0.717, 1.165) is 43.0 Å². The normalized spacial score (nSPS) is 14.5. The number of benzene rings is 2. The first-order valence-corrected chi connectivity index (χ1v) is 9.96. The maximum absolute atomic E-state index is 12.0. The molecule has 30 heavy (non-hydrogen) atoms. The lowest BCUT2D eigenvalue weighted by Gasteiger charge is -2.36. The molecule has 0 radical (unpaired) electrons. The number of hydrogen-bond donors (Lipinski definition) is 0. The highest BCUT2D eigenvalue weighted by atomic mass is 16.5. The van der Waals surface area contributed by atoms with Crippen LogP contribution in [-0.2, 0) is 6.54 Å². The summed E-state index contributed by atoms with van der Waals surface area (Å²) in [6.07, 6.45) is 0. The molecule has 2 heterocycles. The Kier molecular flexibility index (Phi) is 5.59. The lowest BCUT2D eigenvalue weighted by atomic mass is 10.0. The van der Waals surface area contributed by atoms with Gasteiger partial charge in [-0.1, -0.05) is 29.4 Å². The van der Waals surface area contributed by atoms with Crippen molar-refractivity contribution in [1.82, 2.24) is 15.0 Å². The molecule has 0 unspecified atom stereocenters. The second kappa shape index (κ2) is 8.47. The summed E-state index contributed by atoms with van der Waals surface area (Å²) in [5.74, 6) is 1.21.